The molecule has 4 nitrogen and oxygen atoms in total. The van der Waals surface area contributed by atoms with E-state index in [0.717, 1.165) is 11.1 Å². The second-order valence-corrected chi connectivity index (χ2v) is 3.41. The van der Waals surface area contributed by atoms with Crippen LogP contribution in [0.1, 0.15) is 11.1 Å². The Morgan fingerprint density at radius 3 is 2.40 bits per heavy atom. The molecule has 0 atom stereocenters. The first-order valence-electron chi connectivity index (χ1n) is 4.68. The minimum Gasteiger partial charge on any atom is -0.368 e. The summed E-state index contributed by atoms with van der Waals surface area (Å²) >= 11 is 0. The quantitative estimate of drug-likeness (QED) is 0.735. The van der Waals surface area contributed by atoms with Gasteiger partial charge in [0.1, 0.15) is 0 Å². The predicted octanol–water partition coefficient (Wildman–Crippen LogP) is 0.139. The van der Waals surface area contributed by atoms with Crippen LogP contribution in [0.5, 0.6) is 0 Å². The highest BCUT2D eigenvalue weighted by atomic mass is 16.2. The maximum Gasteiger partial charge on any atom is 0.236 e. The molecule has 0 aliphatic carbocycles. The molecule has 4 heteroatoms. The molecule has 1 rings (SSSR count). The molecular weight excluding hydrogens is 192 g/mol. The molecule has 0 aromatic heterocycles. The van der Waals surface area contributed by atoms with E-state index in [0.29, 0.717) is 0 Å². The van der Waals surface area contributed by atoms with E-state index in [1.165, 1.54) is 0 Å². The molecular formula is C11H14N2O2. The van der Waals surface area contributed by atoms with E-state index in [9.17, 15) is 9.59 Å². The van der Waals surface area contributed by atoms with Crippen molar-refractivity contribution in [1.29, 1.82) is 0 Å². The minimum absolute atomic E-state index is 0.106. The summed E-state index contributed by atoms with van der Waals surface area (Å²) in [4.78, 5) is 21.7. The molecule has 80 valence electrons. The fraction of sp³-hybridized carbons (Fsp3) is 0.273. The molecule has 0 radical (unpaired) electrons. The molecule has 0 unspecified atom stereocenters. The van der Waals surface area contributed by atoms with Gasteiger partial charge in [0.05, 0.1) is 13.0 Å². The first kappa shape index (κ1) is 11.2. The number of nitrogens with two attached hydrogens (primary N) is 1. The van der Waals surface area contributed by atoms with Crippen molar-refractivity contribution in [2.75, 3.05) is 6.54 Å². The minimum atomic E-state index is -0.535. The average molecular weight is 206 g/mol. The lowest BCUT2D eigenvalue weighted by Gasteiger charge is -2.03. The Labute approximate surface area is 88.5 Å². The van der Waals surface area contributed by atoms with Gasteiger partial charge in [-0.15, -0.1) is 0 Å². The summed E-state index contributed by atoms with van der Waals surface area (Å²) < 4.78 is 0. The van der Waals surface area contributed by atoms with Gasteiger partial charge in [-0.1, -0.05) is 29.8 Å². The molecule has 0 heterocycles. The van der Waals surface area contributed by atoms with Gasteiger partial charge in [-0.3, -0.25) is 9.59 Å². The van der Waals surface area contributed by atoms with Gasteiger partial charge in [-0.25, -0.2) is 0 Å². The number of hydrogen-bond donors (Lipinski definition) is 2. The molecule has 0 saturated heterocycles. The van der Waals surface area contributed by atoms with Gasteiger partial charge in [0.25, 0.3) is 0 Å². The molecule has 3 N–H and O–H groups in total. The zero-order valence-electron chi connectivity index (χ0n) is 8.62. The van der Waals surface area contributed by atoms with Crippen molar-refractivity contribution in [1.82, 2.24) is 5.32 Å². The Morgan fingerprint density at radius 1 is 1.27 bits per heavy atom. The van der Waals surface area contributed by atoms with Crippen LogP contribution in [0.25, 0.3) is 0 Å². The van der Waals surface area contributed by atoms with Gasteiger partial charge in [-0.05, 0) is 12.5 Å². The lowest BCUT2D eigenvalue weighted by atomic mass is 10.1. The van der Waals surface area contributed by atoms with Gasteiger partial charge in [0, 0.05) is 0 Å². The summed E-state index contributed by atoms with van der Waals surface area (Å²) in [5, 5.41) is 2.43. The van der Waals surface area contributed by atoms with E-state index >= 15 is 0 Å². The summed E-state index contributed by atoms with van der Waals surface area (Å²) in [5.74, 6) is -0.732. The highest BCUT2D eigenvalue weighted by Gasteiger charge is 2.03. The van der Waals surface area contributed by atoms with Crippen LogP contribution in [0.3, 0.4) is 0 Å². The molecule has 1 aromatic rings. The Morgan fingerprint density at radius 2 is 1.87 bits per heavy atom. The molecule has 2 amide bonds. The van der Waals surface area contributed by atoms with Gasteiger partial charge < -0.3 is 11.1 Å². The van der Waals surface area contributed by atoms with E-state index in [4.69, 9.17) is 5.73 Å². The zero-order valence-corrected chi connectivity index (χ0v) is 8.62. The summed E-state index contributed by atoms with van der Waals surface area (Å²) in [7, 11) is 0. The van der Waals surface area contributed by atoms with E-state index in [1.54, 1.807) is 0 Å². The Balaban J connectivity index is 2.44. The van der Waals surface area contributed by atoms with Crippen molar-refractivity contribution >= 4 is 11.8 Å². The monoisotopic (exact) mass is 206 g/mol. The Hall–Kier alpha value is -1.84. The van der Waals surface area contributed by atoms with Gasteiger partial charge >= 0.3 is 0 Å². The smallest absolute Gasteiger partial charge is 0.236 e. The fourth-order valence-electron chi connectivity index (χ4n) is 1.14. The number of carbonyl (C=O) groups excluding carboxylic acids is 2. The lowest BCUT2D eigenvalue weighted by Crippen LogP contribution is -2.34. The fourth-order valence-corrected chi connectivity index (χ4v) is 1.14. The molecule has 1 aromatic carbocycles. The molecule has 0 aliphatic heterocycles. The number of carbonyl (C=O) groups is 2. The molecule has 0 fully saturated rings. The van der Waals surface area contributed by atoms with Crippen LogP contribution in [-0.4, -0.2) is 18.4 Å². The maximum absolute atomic E-state index is 11.3. The standard InChI is InChI=1S/C11H14N2O2/c1-8-2-4-9(5-3-8)6-11(15)13-7-10(12)14/h2-5H,6-7H2,1H3,(H2,12,14)(H,13,15). The maximum atomic E-state index is 11.3. The van der Waals surface area contributed by atoms with Crippen LogP contribution >= 0.6 is 0 Å². The average Bonchev–Trinajstić information content (AvgIpc) is 2.19. The van der Waals surface area contributed by atoms with Crippen LogP contribution in [0.4, 0.5) is 0 Å². The third-order valence-electron chi connectivity index (χ3n) is 1.95. The number of aryl methyl sites for hydroxylation is 1. The highest BCUT2D eigenvalue weighted by molar-refractivity contribution is 5.84. The Kier molecular flexibility index (Phi) is 3.85. The SMILES string of the molecule is Cc1ccc(CC(=O)NCC(N)=O)cc1. The second-order valence-electron chi connectivity index (χ2n) is 3.41. The molecule has 0 bridgehead atoms. The summed E-state index contributed by atoms with van der Waals surface area (Å²) in [6, 6.07) is 7.66. The number of primary amides is 1. The van der Waals surface area contributed by atoms with E-state index in [-0.39, 0.29) is 18.9 Å². The van der Waals surface area contributed by atoms with Crippen molar-refractivity contribution in [3.05, 3.63) is 35.4 Å². The van der Waals surface area contributed by atoms with Crippen molar-refractivity contribution < 1.29 is 9.59 Å². The van der Waals surface area contributed by atoms with Crippen LogP contribution in [0.15, 0.2) is 24.3 Å². The number of nitrogens with one attached hydrogen (secondary N) is 1. The largest absolute Gasteiger partial charge is 0.368 e. The van der Waals surface area contributed by atoms with Crippen molar-refractivity contribution in [3.8, 4) is 0 Å². The van der Waals surface area contributed by atoms with Gasteiger partial charge in [0.2, 0.25) is 11.8 Å². The van der Waals surface area contributed by atoms with Crippen molar-refractivity contribution in [2.45, 2.75) is 13.3 Å². The van der Waals surface area contributed by atoms with Crippen molar-refractivity contribution in [2.24, 2.45) is 5.73 Å². The Bertz CT molecular complexity index is 357. The normalized spacial score (nSPS) is 9.67. The topological polar surface area (TPSA) is 72.2 Å². The number of hydrogen-bond acceptors (Lipinski definition) is 2. The number of amides is 2. The molecule has 0 saturated carbocycles. The van der Waals surface area contributed by atoms with E-state index in [2.05, 4.69) is 5.32 Å². The highest BCUT2D eigenvalue weighted by Crippen LogP contribution is 2.03. The lowest BCUT2D eigenvalue weighted by molar-refractivity contribution is -0.124. The predicted molar refractivity (Wildman–Crippen MR) is 57.1 cm³/mol. The number of benzene rings is 1. The first-order valence-corrected chi connectivity index (χ1v) is 4.68. The molecule has 0 spiro atoms. The number of rotatable bonds is 4. The van der Waals surface area contributed by atoms with Crippen LogP contribution < -0.4 is 11.1 Å². The van der Waals surface area contributed by atoms with E-state index in [1.807, 2.05) is 31.2 Å². The van der Waals surface area contributed by atoms with Crippen LogP contribution in [0.2, 0.25) is 0 Å². The molecule has 0 aliphatic rings. The third-order valence-corrected chi connectivity index (χ3v) is 1.95. The second kappa shape index (κ2) is 5.14. The van der Waals surface area contributed by atoms with Gasteiger partial charge in [0.15, 0.2) is 0 Å². The zero-order chi connectivity index (χ0) is 11.3. The summed E-state index contributed by atoms with van der Waals surface area (Å²) in [5.41, 5.74) is 6.97. The van der Waals surface area contributed by atoms with Crippen molar-refractivity contribution in [3.63, 3.8) is 0 Å². The summed E-state index contributed by atoms with van der Waals surface area (Å²) in [6.45, 7) is 1.88. The van der Waals surface area contributed by atoms with E-state index < -0.39 is 5.91 Å². The first-order chi connectivity index (χ1) is 7.08. The molecule has 15 heavy (non-hydrogen) atoms. The van der Waals surface area contributed by atoms with Crippen LogP contribution in [-0.2, 0) is 16.0 Å². The third kappa shape index (κ3) is 4.26. The van der Waals surface area contributed by atoms with Gasteiger partial charge in [-0.2, -0.15) is 0 Å². The van der Waals surface area contributed by atoms with Crippen LogP contribution in [0, 0.1) is 6.92 Å². The summed E-state index contributed by atoms with van der Waals surface area (Å²) in [6.07, 6.45) is 0.271.